The lowest BCUT2D eigenvalue weighted by molar-refractivity contribution is -0.137. The van der Waals surface area contributed by atoms with Gasteiger partial charge in [0.25, 0.3) is 10.1 Å². The lowest BCUT2D eigenvalue weighted by atomic mass is 10.0. The van der Waals surface area contributed by atoms with Gasteiger partial charge in [0.15, 0.2) is 0 Å². The molecule has 0 aliphatic rings. The first-order chi connectivity index (χ1) is 11.9. The molecule has 0 bridgehead atoms. The van der Waals surface area contributed by atoms with E-state index in [4.69, 9.17) is 9.47 Å². The Balaban J connectivity index is 2.57. The van der Waals surface area contributed by atoms with Gasteiger partial charge in [0.05, 0.1) is 13.7 Å². The second-order valence-corrected chi connectivity index (χ2v) is 6.37. The third kappa shape index (κ3) is 4.68. The molecule has 2 aromatic rings. The Morgan fingerprint density at radius 3 is 2.40 bits per heavy atom. The fraction of sp³-hybridized carbons (Fsp3) is 0.167. The van der Waals surface area contributed by atoms with E-state index >= 15 is 0 Å². The molecule has 0 aliphatic heterocycles. The van der Waals surface area contributed by atoms with Crippen LogP contribution in [0.5, 0.6) is 5.75 Å². The summed E-state index contributed by atoms with van der Waals surface area (Å²) in [5.74, 6) is 0.0224. The van der Waals surface area contributed by atoms with E-state index < -0.39 is 16.1 Å². The Morgan fingerprint density at radius 1 is 1.16 bits per heavy atom. The molecule has 2 aromatic carbocycles. The summed E-state index contributed by atoms with van der Waals surface area (Å²) in [5.41, 5.74) is 1.08. The van der Waals surface area contributed by atoms with Crippen LogP contribution < -0.4 is 4.74 Å². The average molecular weight is 362 g/mol. The third-order valence-electron chi connectivity index (χ3n) is 3.39. The van der Waals surface area contributed by atoms with Crippen LogP contribution >= 0.6 is 0 Å². The van der Waals surface area contributed by atoms with Gasteiger partial charge in [0.1, 0.15) is 10.6 Å². The predicted octanol–water partition coefficient (Wildman–Crippen LogP) is 3.19. The summed E-state index contributed by atoms with van der Waals surface area (Å²) in [5, 5.41) is 0. The maximum absolute atomic E-state index is 11.9. The second-order valence-electron chi connectivity index (χ2n) is 5.01. The minimum absolute atomic E-state index is 0.184. The van der Waals surface area contributed by atoms with Crippen molar-refractivity contribution in [3.05, 3.63) is 54.1 Å². The zero-order valence-electron chi connectivity index (χ0n) is 13.8. The van der Waals surface area contributed by atoms with Gasteiger partial charge in [-0.1, -0.05) is 30.3 Å². The van der Waals surface area contributed by atoms with Crippen LogP contribution in [0.25, 0.3) is 17.2 Å². The summed E-state index contributed by atoms with van der Waals surface area (Å²) in [4.78, 5) is 11.2. The quantitative estimate of drug-likeness (QED) is 0.482. The van der Waals surface area contributed by atoms with Gasteiger partial charge in [0, 0.05) is 11.6 Å². The highest BCUT2D eigenvalue weighted by molar-refractivity contribution is 7.86. The first kappa shape index (κ1) is 18.7. The zero-order chi connectivity index (χ0) is 18.4. The highest BCUT2D eigenvalue weighted by atomic mass is 32.2. The van der Waals surface area contributed by atoms with E-state index in [-0.39, 0.29) is 17.1 Å². The van der Waals surface area contributed by atoms with Crippen LogP contribution in [0.3, 0.4) is 0 Å². The number of benzene rings is 2. The summed E-state index contributed by atoms with van der Waals surface area (Å²) in [6, 6.07) is 11.4. The van der Waals surface area contributed by atoms with Gasteiger partial charge in [-0.25, -0.2) is 4.79 Å². The van der Waals surface area contributed by atoms with Crippen LogP contribution in [-0.4, -0.2) is 32.7 Å². The van der Waals surface area contributed by atoms with Crippen LogP contribution in [0.15, 0.2) is 53.4 Å². The molecule has 0 saturated carbocycles. The minimum atomic E-state index is -4.52. The Labute approximate surface area is 146 Å². The summed E-state index contributed by atoms with van der Waals surface area (Å²) >= 11 is 0. The van der Waals surface area contributed by atoms with Gasteiger partial charge in [-0.2, -0.15) is 8.42 Å². The van der Waals surface area contributed by atoms with Crippen LogP contribution in [0, 0.1) is 0 Å². The number of carbonyl (C=O) groups excluding carboxylic acids is 1. The van der Waals surface area contributed by atoms with E-state index in [1.165, 1.54) is 19.3 Å². The SMILES string of the molecule is CCOC(=O)/C=C/c1cccc(-c2ccc(OC)cc2)c1S(=O)(=O)O. The first-order valence-electron chi connectivity index (χ1n) is 7.46. The topological polar surface area (TPSA) is 89.9 Å². The van der Waals surface area contributed by atoms with E-state index in [0.717, 1.165) is 6.08 Å². The monoisotopic (exact) mass is 362 g/mol. The van der Waals surface area contributed by atoms with Crippen molar-refractivity contribution in [1.29, 1.82) is 0 Å². The van der Waals surface area contributed by atoms with Crippen molar-refractivity contribution in [3.63, 3.8) is 0 Å². The van der Waals surface area contributed by atoms with Crippen LogP contribution in [-0.2, 0) is 19.6 Å². The fourth-order valence-corrected chi connectivity index (χ4v) is 3.22. The van der Waals surface area contributed by atoms with Gasteiger partial charge in [0.2, 0.25) is 0 Å². The molecule has 0 atom stereocenters. The van der Waals surface area contributed by atoms with E-state index in [1.807, 2.05) is 0 Å². The molecule has 0 amide bonds. The largest absolute Gasteiger partial charge is 0.497 e. The molecule has 0 spiro atoms. The van der Waals surface area contributed by atoms with Crippen molar-refractivity contribution < 1.29 is 27.2 Å². The normalized spacial score (nSPS) is 11.5. The molecule has 0 unspecified atom stereocenters. The molecule has 0 saturated heterocycles. The van der Waals surface area contributed by atoms with Gasteiger partial charge >= 0.3 is 5.97 Å². The number of hydrogen-bond acceptors (Lipinski definition) is 5. The molecule has 7 heteroatoms. The zero-order valence-corrected chi connectivity index (χ0v) is 14.6. The van der Waals surface area contributed by atoms with Crippen molar-refractivity contribution in [2.75, 3.05) is 13.7 Å². The molecule has 0 aliphatic carbocycles. The number of methoxy groups -OCH3 is 1. The molecule has 25 heavy (non-hydrogen) atoms. The second kappa shape index (κ2) is 7.96. The first-order valence-corrected chi connectivity index (χ1v) is 8.90. The van der Waals surface area contributed by atoms with Crippen molar-refractivity contribution in [2.24, 2.45) is 0 Å². The minimum Gasteiger partial charge on any atom is -0.497 e. The number of carbonyl (C=O) groups is 1. The van der Waals surface area contributed by atoms with Crippen molar-refractivity contribution in [1.82, 2.24) is 0 Å². The standard InChI is InChI=1S/C18H18O6S/c1-3-24-17(19)12-9-14-5-4-6-16(18(14)25(20,21)22)13-7-10-15(23-2)11-8-13/h4-12H,3H2,1-2H3,(H,20,21,22)/b12-9+. The lowest BCUT2D eigenvalue weighted by Gasteiger charge is -2.11. The highest BCUT2D eigenvalue weighted by Gasteiger charge is 2.20. The molecule has 6 nitrogen and oxygen atoms in total. The third-order valence-corrected chi connectivity index (χ3v) is 4.36. The highest BCUT2D eigenvalue weighted by Crippen LogP contribution is 2.32. The van der Waals surface area contributed by atoms with E-state index in [9.17, 15) is 17.8 Å². The van der Waals surface area contributed by atoms with Crippen LogP contribution in [0.2, 0.25) is 0 Å². The van der Waals surface area contributed by atoms with Crippen LogP contribution in [0.4, 0.5) is 0 Å². The number of esters is 1. The molecular weight excluding hydrogens is 344 g/mol. The lowest BCUT2D eigenvalue weighted by Crippen LogP contribution is -2.04. The Morgan fingerprint density at radius 2 is 1.84 bits per heavy atom. The van der Waals surface area contributed by atoms with Crippen molar-refractivity contribution >= 4 is 22.2 Å². The summed E-state index contributed by atoms with van der Waals surface area (Å²) in [6.45, 7) is 1.87. The molecule has 2 rings (SSSR count). The van der Waals surface area contributed by atoms with Crippen molar-refractivity contribution in [3.8, 4) is 16.9 Å². The molecule has 132 valence electrons. The molecule has 0 heterocycles. The number of ether oxygens (including phenoxy) is 2. The van der Waals surface area contributed by atoms with Crippen molar-refractivity contribution in [2.45, 2.75) is 11.8 Å². The summed E-state index contributed by atoms with van der Waals surface area (Å²) in [7, 11) is -3.00. The summed E-state index contributed by atoms with van der Waals surface area (Å²) < 4.78 is 43.4. The molecule has 1 N–H and O–H groups in total. The number of hydrogen-bond donors (Lipinski definition) is 1. The Bertz CT molecular complexity index is 882. The Kier molecular flexibility index (Phi) is 5.95. The van der Waals surface area contributed by atoms with E-state index in [1.54, 1.807) is 43.3 Å². The molecular formula is C18H18O6S. The van der Waals surface area contributed by atoms with Gasteiger partial charge in [-0.05, 0) is 36.3 Å². The van der Waals surface area contributed by atoms with E-state index in [0.29, 0.717) is 16.9 Å². The van der Waals surface area contributed by atoms with Crippen LogP contribution in [0.1, 0.15) is 12.5 Å². The van der Waals surface area contributed by atoms with Gasteiger partial charge in [-0.3, -0.25) is 4.55 Å². The smallest absolute Gasteiger partial charge is 0.330 e. The van der Waals surface area contributed by atoms with E-state index in [2.05, 4.69) is 0 Å². The predicted molar refractivity (Wildman–Crippen MR) is 93.9 cm³/mol. The number of rotatable bonds is 6. The maximum atomic E-state index is 11.9. The molecule has 0 radical (unpaired) electrons. The Hall–Kier alpha value is -2.64. The van der Waals surface area contributed by atoms with Gasteiger partial charge < -0.3 is 9.47 Å². The molecule has 0 aromatic heterocycles. The van der Waals surface area contributed by atoms with Gasteiger partial charge in [-0.15, -0.1) is 0 Å². The molecule has 0 fully saturated rings. The summed E-state index contributed by atoms with van der Waals surface area (Å²) in [6.07, 6.45) is 2.42. The fourth-order valence-electron chi connectivity index (χ4n) is 2.32. The maximum Gasteiger partial charge on any atom is 0.330 e. The average Bonchev–Trinajstić information content (AvgIpc) is 2.59.